The summed E-state index contributed by atoms with van der Waals surface area (Å²) < 4.78 is 5.71. The molecule has 0 radical (unpaired) electrons. The van der Waals surface area contributed by atoms with Gasteiger partial charge in [-0.05, 0) is 46.1 Å². The third kappa shape index (κ3) is 6.29. The molecule has 1 heterocycles. The van der Waals surface area contributed by atoms with Crippen molar-refractivity contribution in [3.63, 3.8) is 0 Å². The van der Waals surface area contributed by atoms with E-state index >= 15 is 0 Å². The van der Waals surface area contributed by atoms with Crippen LogP contribution in [0.1, 0.15) is 22.0 Å². The van der Waals surface area contributed by atoms with E-state index in [2.05, 4.69) is 15.2 Å². The van der Waals surface area contributed by atoms with Crippen molar-refractivity contribution < 1.29 is 9.53 Å². The fourth-order valence-corrected chi connectivity index (χ4v) is 3.19. The van der Waals surface area contributed by atoms with Gasteiger partial charge in [-0.1, -0.05) is 18.2 Å². The topological polar surface area (TPSA) is 54.5 Å². The van der Waals surface area contributed by atoms with Crippen LogP contribution in [0.15, 0.2) is 30.3 Å². The van der Waals surface area contributed by atoms with Crippen LogP contribution in [0.5, 0.6) is 5.75 Å². The molecule has 6 heteroatoms. The number of aromatic nitrogens is 1. The second-order valence-electron chi connectivity index (χ2n) is 5.90. The Morgan fingerprint density at radius 3 is 2.75 bits per heavy atom. The van der Waals surface area contributed by atoms with E-state index in [0.29, 0.717) is 19.6 Å². The van der Waals surface area contributed by atoms with Crippen molar-refractivity contribution in [2.75, 3.05) is 27.2 Å². The monoisotopic (exact) mass is 347 g/mol. The van der Waals surface area contributed by atoms with Crippen LogP contribution in [-0.2, 0) is 17.8 Å². The van der Waals surface area contributed by atoms with Gasteiger partial charge in [0.05, 0.1) is 12.1 Å². The number of rotatable bonds is 9. The summed E-state index contributed by atoms with van der Waals surface area (Å²) in [4.78, 5) is 19.6. The molecule has 0 fully saturated rings. The van der Waals surface area contributed by atoms with Gasteiger partial charge in [0.1, 0.15) is 17.4 Å². The molecule has 0 aliphatic carbocycles. The Labute approximate surface area is 147 Å². The van der Waals surface area contributed by atoms with Crippen molar-refractivity contribution in [3.8, 4) is 5.75 Å². The third-order valence-corrected chi connectivity index (χ3v) is 4.60. The smallest absolute Gasteiger partial charge is 0.225 e. The van der Waals surface area contributed by atoms with Gasteiger partial charge in [-0.25, -0.2) is 4.98 Å². The van der Waals surface area contributed by atoms with Crippen molar-refractivity contribution in [2.24, 2.45) is 0 Å². The number of carbonyl (C=O) groups is 1. The van der Waals surface area contributed by atoms with E-state index in [0.717, 1.165) is 34.3 Å². The van der Waals surface area contributed by atoms with E-state index in [1.54, 1.807) is 11.3 Å². The minimum atomic E-state index is 0.0519. The van der Waals surface area contributed by atoms with Gasteiger partial charge in [-0.2, -0.15) is 0 Å². The zero-order valence-corrected chi connectivity index (χ0v) is 15.4. The maximum Gasteiger partial charge on any atom is 0.225 e. The molecule has 24 heavy (non-hydrogen) atoms. The number of hydrogen-bond acceptors (Lipinski definition) is 5. The Morgan fingerprint density at radius 2 is 2.04 bits per heavy atom. The Balaban J connectivity index is 1.79. The van der Waals surface area contributed by atoms with Crippen molar-refractivity contribution in [1.82, 2.24) is 15.2 Å². The summed E-state index contributed by atoms with van der Waals surface area (Å²) in [5.74, 6) is 0.876. The number of hydrogen-bond donors (Lipinski definition) is 1. The number of nitrogens with one attached hydrogen (secondary N) is 1. The first-order valence-electron chi connectivity index (χ1n) is 8.09. The quantitative estimate of drug-likeness (QED) is 0.709. The molecule has 0 bridgehead atoms. The lowest BCUT2D eigenvalue weighted by Gasteiger charge is -2.09. The molecule has 2 rings (SSSR count). The molecular formula is C18H25N3O2S. The predicted molar refractivity (Wildman–Crippen MR) is 97.5 cm³/mol. The number of thiazole rings is 1. The molecule has 1 aromatic heterocycles. The van der Waals surface area contributed by atoms with Gasteiger partial charge in [-0.15, -0.1) is 11.3 Å². The fourth-order valence-electron chi connectivity index (χ4n) is 2.21. The summed E-state index contributed by atoms with van der Waals surface area (Å²) in [5, 5.41) is 3.86. The van der Waals surface area contributed by atoms with Gasteiger partial charge in [0.15, 0.2) is 0 Å². The highest BCUT2D eigenvalue weighted by molar-refractivity contribution is 7.11. The van der Waals surface area contributed by atoms with E-state index in [4.69, 9.17) is 4.74 Å². The SMILES string of the molecule is Cc1nc(COc2ccccc2)sc1CC(=O)NCCCN(C)C. The Kier molecular flexibility index (Phi) is 7.21. The minimum Gasteiger partial charge on any atom is -0.486 e. The van der Waals surface area contributed by atoms with Crippen LogP contribution in [0.3, 0.4) is 0 Å². The molecule has 0 atom stereocenters. The van der Waals surface area contributed by atoms with Crippen molar-refractivity contribution in [3.05, 3.63) is 45.9 Å². The lowest BCUT2D eigenvalue weighted by molar-refractivity contribution is -0.120. The lowest BCUT2D eigenvalue weighted by Crippen LogP contribution is -2.28. The first-order chi connectivity index (χ1) is 11.5. The van der Waals surface area contributed by atoms with Crippen LogP contribution < -0.4 is 10.1 Å². The van der Waals surface area contributed by atoms with E-state index in [1.807, 2.05) is 51.4 Å². The molecule has 0 saturated carbocycles. The van der Waals surface area contributed by atoms with Gasteiger partial charge in [0.2, 0.25) is 5.91 Å². The minimum absolute atomic E-state index is 0.0519. The predicted octanol–water partition coefficient (Wildman–Crippen LogP) is 2.64. The summed E-state index contributed by atoms with van der Waals surface area (Å²) >= 11 is 1.55. The average Bonchev–Trinajstić information content (AvgIpc) is 2.90. The van der Waals surface area contributed by atoms with Crippen LogP contribution in [0.4, 0.5) is 0 Å². The van der Waals surface area contributed by atoms with Crippen molar-refractivity contribution >= 4 is 17.2 Å². The average molecular weight is 347 g/mol. The zero-order valence-electron chi connectivity index (χ0n) is 14.5. The van der Waals surface area contributed by atoms with Crippen LogP contribution in [0.2, 0.25) is 0 Å². The molecule has 0 spiro atoms. The molecule has 0 saturated heterocycles. The first kappa shape index (κ1) is 18.4. The van der Waals surface area contributed by atoms with E-state index in [1.165, 1.54) is 0 Å². The van der Waals surface area contributed by atoms with Crippen LogP contribution in [0, 0.1) is 6.92 Å². The Hall–Kier alpha value is -1.92. The molecule has 0 aliphatic rings. The summed E-state index contributed by atoms with van der Waals surface area (Å²) in [6, 6.07) is 9.67. The zero-order chi connectivity index (χ0) is 17.4. The summed E-state index contributed by atoms with van der Waals surface area (Å²) in [6.07, 6.45) is 1.34. The molecule has 2 aromatic rings. The second-order valence-corrected chi connectivity index (χ2v) is 7.07. The highest BCUT2D eigenvalue weighted by atomic mass is 32.1. The van der Waals surface area contributed by atoms with Gasteiger partial charge >= 0.3 is 0 Å². The number of amides is 1. The molecular weight excluding hydrogens is 322 g/mol. The van der Waals surface area contributed by atoms with Crippen molar-refractivity contribution in [2.45, 2.75) is 26.4 Å². The Morgan fingerprint density at radius 1 is 1.29 bits per heavy atom. The molecule has 130 valence electrons. The number of ether oxygens (including phenoxy) is 1. The van der Waals surface area contributed by atoms with Crippen molar-refractivity contribution in [1.29, 1.82) is 0 Å². The normalized spacial score (nSPS) is 10.8. The summed E-state index contributed by atoms with van der Waals surface area (Å²) in [5.41, 5.74) is 0.912. The van der Waals surface area contributed by atoms with Gasteiger partial charge in [-0.3, -0.25) is 4.79 Å². The van der Waals surface area contributed by atoms with Gasteiger partial charge < -0.3 is 15.0 Å². The summed E-state index contributed by atoms with van der Waals surface area (Å²) in [6.45, 7) is 4.05. The molecule has 5 nitrogen and oxygen atoms in total. The molecule has 1 amide bonds. The number of nitrogens with zero attached hydrogens (tertiary/aromatic N) is 2. The van der Waals surface area contributed by atoms with Gasteiger partial charge in [0.25, 0.3) is 0 Å². The molecule has 1 N–H and O–H groups in total. The highest BCUT2D eigenvalue weighted by Crippen LogP contribution is 2.20. The number of para-hydroxylation sites is 1. The van der Waals surface area contributed by atoms with Crippen LogP contribution >= 0.6 is 11.3 Å². The number of carbonyl (C=O) groups excluding carboxylic acids is 1. The largest absolute Gasteiger partial charge is 0.486 e. The van der Waals surface area contributed by atoms with Crippen LogP contribution in [-0.4, -0.2) is 43.0 Å². The lowest BCUT2D eigenvalue weighted by atomic mass is 10.3. The van der Waals surface area contributed by atoms with E-state index < -0.39 is 0 Å². The Bertz CT molecular complexity index is 641. The van der Waals surface area contributed by atoms with E-state index in [9.17, 15) is 4.79 Å². The maximum atomic E-state index is 12.0. The molecule has 1 aromatic carbocycles. The number of aryl methyl sites for hydroxylation is 1. The summed E-state index contributed by atoms with van der Waals surface area (Å²) in [7, 11) is 4.06. The molecule has 0 unspecified atom stereocenters. The van der Waals surface area contributed by atoms with E-state index in [-0.39, 0.29) is 5.91 Å². The maximum absolute atomic E-state index is 12.0. The fraction of sp³-hybridized carbons (Fsp3) is 0.444. The molecule has 0 aliphatic heterocycles. The third-order valence-electron chi connectivity index (χ3n) is 3.47. The van der Waals surface area contributed by atoms with Crippen LogP contribution in [0.25, 0.3) is 0 Å². The van der Waals surface area contributed by atoms with Gasteiger partial charge in [0, 0.05) is 11.4 Å². The standard InChI is InChI=1S/C18H25N3O2S/c1-14-16(12-17(22)19-10-7-11-21(2)3)24-18(20-14)13-23-15-8-5-4-6-9-15/h4-6,8-9H,7,10-13H2,1-3H3,(H,19,22). The number of benzene rings is 1. The second kappa shape index (κ2) is 9.39. The highest BCUT2D eigenvalue weighted by Gasteiger charge is 2.12. The first-order valence-corrected chi connectivity index (χ1v) is 8.90.